The van der Waals surface area contributed by atoms with Gasteiger partial charge in [0, 0.05) is 39.5 Å². The first-order valence-electron chi connectivity index (χ1n) is 8.51. The fourth-order valence-electron chi connectivity index (χ4n) is 3.22. The van der Waals surface area contributed by atoms with Crippen molar-refractivity contribution < 1.29 is 19.1 Å². The van der Waals surface area contributed by atoms with Crippen molar-refractivity contribution in [1.29, 1.82) is 0 Å². The summed E-state index contributed by atoms with van der Waals surface area (Å²) in [4.78, 5) is 38.8. The normalized spacial score (nSPS) is 17.8. The quantitative estimate of drug-likeness (QED) is 0.883. The number of nitrogens with one attached hydrogen (secondary N) is 1. The molecule has 3 rings (SSSR count). The molecule has 0 aromatic heterocycles. The van der Waals surface area contributed by atoms with Gasteiger partial charge in [-0.15, -0.1) is 0 Å². The summed E-state index contributed by atoms with van der Waals surface area (Å²) in [6.07, 6.45) is 1.39. The second-order valence-corrected chi connectivity index (χ2v) is 6.54. The lowest BCUT2D eigenvalue weighted by molar-refractivity contribution is -0.134. The number of carbonyl (C=O) groups is 3. The molecule has 134 valence electrons. The molecule has 0 saturated carbocycles. The van der Waals surface area contributed by atoms with Crippen LogP contribution < -0.4 is 15.0 Å². The topological polar surface area (TPSA) is 79.0 Å². The number of nitrogens with zero attached hydrogens (tertiary/aromatic N) is 2. The number of hydrogen-bond donors (Lipinski definition) is 1. The average molecular weight is 345 g/mol. The molecule has 0 unspecified atom stereocenters. The number of likely N-dealkylation sites (N-methyl/N-ethyl adjacent to an activating group) is 1. The van der Waals surface area contributed by atoms with Gasteiger partial charge < -0.3 is 19.9 Å². The standard InChI is InChI=1S/C18H23N3O4/c1-12(22)21-7-5-14(6-8-21)18(24)19-10-13-3-4-16-15(9-13)20(2)17(23)11-25-16/h3-4,9,14H,5-8,10-11H2,1-2H3,(H,19,24). The van der Waals surface area contributed by atoms with E-state index in [4.69, 9.17) is 4.74 Å². The van der Waals surface area contributed by atoms with E-state index in [9.17, 15) is 14.4 Å². The number of likely N-dealkylation sites (tertiary alicyclic amines) is 1. The molecule has 1 N–H and O–H groups in total. The Morgan fingerprint density at radius 1 is 1.28 bits per heavy atom. The van der Waals surface area contributed by atoms with Crippen LogP contribution >= 0.6 is 0 Å². The lowest BCUT2D eigenvalue weighted by Crippen LogP contribution is -2.42. The second kappa shape index (κ2) is 7.13. The van der Waals surface area contributed by atoms with Gasteiger partial charge in [-0.05, 0) is 30.5 Å². The molecule has 1 aromatic carbocycles. The van der Waals surface area contributed by atoms with Crippen molar-refractivity contribution >= 4 is 23.4 Å². The third kappa shape index (κ3) is 3.75. The Labute approximate surface area is 146 Å². The number of anilines is 1. The van der Waals surface area contributed by atoms with Crippen molar-refractivity contribution in [1.82, 2.24) is 10.2 Å². The van der Waals surface area contributed by atoms with Crippen LogP contribution in [0.15, 0.2) is 18.2 Å². The number of rotatable bonds is 3. The largest absolute Gasteiger partial charge is 0.482 e. The molecule has 0 spiro atoms. The van der Waals surface area contributed by atoms with Crippen LogP contribution in [0.5, 0.6) is 5.75 Å². The van der Waals surface area contributed by atoms with E-state index in [1.165, 1.54) is 0 Å². The maximum absolute atomic E-state index is 12.3. The van der Waals surface area contributed by atoms with Gasteiger partial charge in [-0.25, -0.2) is 0 Å². The van der Waals surface area contributed by atoms with E-state index in [-0.39, 0.29) is 30.2 Å². The molecule has 0 bridgehead atoms. The molecule has 1 fully saturated rings. The predicted octanol–water partition coefficient (Wildman–Crippen LogP) is 0.916. The molecule has 0 radical (unpaired) electrons. The third-order valence-electron chi connectivity index (χ3n) is 4.89. The number of fused-ring (bicyclic) bond motifs is 1. The second-order valence-electron chi connectivity index (χ2n) is 6.54. The number of benzene rings is 1. The van der Waals surface area contributed by atoms with E-state index in [1.54, 1.807) is 23.8 Å². The maximum atomic E-state index is 12.3. The SMILES string of the molecule is CC(=O)N1CCC(C(=O)NCc2ccc3c(c2)N(C)C(=O)CO3)CC1. The summed E-state index contributed by atoms with van der Waals surface area (Å²) in [6.45, 7) is 3.29. The molecule has 0 aliphatic carbocycles. The Kier molecular flexibility index (Phi) is 4.92. The summed E-state index contributed by atoms with van der Waals surface area (Å²) in [5, 5.41) is 2.96. The van der Waals surface area contributed by atoms with Crippen molar-refractivity contribution in [3.63, 3.8) is 0 Å². The smallest absolute Gasteiger partial charge is 0.264 e. The molecule has 3 amide bonds. The van der Waals surface area contributed by atoms with E-state index >= 15 is 0 Å². The van der Waals surface area contributed by atoms with Gasteiger partial charge in [0.1, 0.15) is 5.75 Å². The number of carbonyl (C=O) groups excluding carboxylic acids is 3. The molecule has 0 atom stereocenters. The summed E-state index contributed by atoms with van der Waals surface area (Å²) < 4.78 is 5.40. The Balaban J connectivity index is 1.56. The Morgan fingerprint density at radius 2 is 2.00 bits per heavy atom. The highest BCUT2D eigenvalue weighted by Gasteiger charge is 2.26. The van der Waals surface area contributed by atoms with Crippen LogP contribution in [-0.4, -0.2) is 49.4 Å². The van der Waals surface area contributed by atoms with Gasteiger partial charge in [0.2, 0.25) is 11.8 Å². The molecular formula is C18H23N3O4. The minimum absolute atomic E-state index is 0.0154. The summed E-state index contributed by atoms with van der Waals surface area (Å²) >= 11 is 0. The lowest BCUT2D eigenvalue weighted by Gasteiger charge is -2.30. The van der Waals surface area contributed by atoms with Crippen LogP contribution in [0.4, 0.5) is 5.69 Å². The van der Waals surface area contributed by atoms with Crippen LogP contribution in [0.25, 0.3) is 0 Å². The van der Waals surface area contributed by atoms with Crippen molar-refractivity contribution in [2.24, 2.45) is 5.92 Å². The first-order valence-corrected chi connectivity index (χ1v) is 8.51. The summed E-state index contributed by atoms with van der Waals surface area (Å²) in [6, 6.07) is 5.58. The van der Waals surface area contributed by atoms with Gasteiger partial charge in [-0.3, -0.25) is 14.4 Å². The fraction of sp³-hybridized carbons (Fsp3) is 0.500. The van der Waals surface area contributed by atoms with Crippen LogP contribution in [0.3, 0.4) is 0 Å². The Morgan fingerprint density at radius 3 is 2.68 bits per heavy atom. The average Bonchev–Trinajstić information content (AvgIpc) is 2.63. The van der Waals surface area contributed by atoms with E-state index in [0.717, 1.165) is 11.3 Å². The predicted molar refractivity (Wildman–Crippen MR) is 92.2 cm³/mol. The molecule has 7 heteroatoms. The van der Waals surface area contributed by atoms with E-state index in [0.29, 0.717) is 38.2 Å². The molecule has 2 heterocycles. The minimum atomic E-state index is -0.0917. The van der Waals surface area contributed by atoms with Crippen molar-refractivity contribution in [3.05, 3.63) is 23.8 Å². The number of amides is 3. The lowest BCUT2D eigenvalue weighted by atomic mass is 9.96. The van der Waals surface area contributed by atoms with Gasteiger partial charge in [0.05, 0.1) is 5.69 Å². The Hall–Kier alpha value is -2.57. The zero-order valence-corrected chi connectivity index (χ0v) is 14.6. The maximum Gasteiger partial charge on any atom is 0.264 e. The molecule has 7 nitrogen and oxygen atoms in total. The Bertz CT molecular complexity index is 696. The number of piperidine rings is 1. The fourth-order valence-corrected chi connectivity index (χ4v) is 3.22. The zero-order chi connectivity index (χ0) is 18.0. The number of hydrogen-bond acceptors (Lipinski definition) is 4. The first kappa shape index (κ1) is 17.3. The van der Waals surface area contributed by atoms with Gasteiger partial charge in [-0.1, -0.05) is 6.07 Å². The molecule has 2 aliphatic heterocycles. The van der Waals surface area contributed by atoms with Gasteiger partial charge >= 0.3 is 0 Å². The summed E-state index contributed by atoms with van der Waals surface area (Å²) in [5.74, 6) is 0.607. The molecular weight excluding hydrogens is 322 g/mol. The highest BCUT2D eigenvalue weighted by Crippen LogP contribution is 2.32. The van der Waals surface area contributed by atoms with Crippen molar-refractivity contribution in [3.8, 4) is 5.75 Å². The van der Waals surface area contributed by atoms with Crippen LogP contribution in [0, 0.1) is 5.92 Å². The van der Waals surface area contributed by atoms with Gasteiger partial charge in [0.25, 0.3) is 5.91 Å². The van der Waals surface area contributed by atoms with Gasteiger partial charge in [-0.2, -0.15) is 0 Å². The number of ether oxygens (including phenoxy) is 1. The highest BCUT2D eigenvalue weighted by molar-refractivity contribution is 5.97. The van der Waals surface area contributed by atoms with Crippen LogP contribution in [-0.2, 0) is 20.9 Å². The van der Waals surface area contributed by atoms with E-state index in [1.807, 2.05) is 18.2 Å². The molecule has 25 heavy (non-hydrogen) atoms. The minimum Gasteiger partial charge on any atom is -0.482 e. The zero-order valence-electron chi connectivity index (χ0n) is 14.6. The molecule has 2 aliphatic rings. The third-order valence-corrected chi connectivity index (χ3v) is 4.89. The van der Waals surface area contributed by atoms with Gasteiger partial charge in [0.15, 0.2) is 6.61 Å². The van der Waals surface area contributed by atoms with Crippen LogP contribution in [0.2, 0.25) is 0 Å². The van der Waals surface area contributed by atoms with Crippen LogP contribution in [0.1, 0.15) is 25.3 Å². The first-order chi connectivity index (χ1) is 12.0. The summed E-state index contributed by atoms with van der Waals surface area (Å²) in [5.41, 5.74) is 1.64. The highest BCUT2D eigenvalue weighted by atomic mass is 16.5. The van der Waals surface area contributed by atoms with Crippen molar-refractivity contribution in [2.45, 2.75) is 26.3 Å². The van der Waals surface area contributed by atoms with E-state index < -0.39 is 0 Å². The summed E-state index contributed by atoms with van der Waals surface area (Å²) in [7, 11) is 1.72. The van der Waals surface area contributed by atoms with E-state index in [2.05, 4.69) is 5.32 Å². The van der Waals surface area contributed by atoms with Crippen molar-refractivity contribution in [2.75, 3.05) is 31.6 Å². The molecule has 1 saturated heterocycles. The monoisotopic (exact) mass is 345 g/mol. The molecule has 1 aromatic rings.